The molecular weight excluding hydrogens is 359 g/mol. The molecule has 3 heteroatoms. The third kappa shape index (κ3) is 2.26. The number of halogens is 2. The topological polar surface area (TPSA) is 9.23 Å². The number of hydrogen-bond donors (Lipinski definition) is 0. The number of rotatable bonds is 2. The first-order chi connectivity index (χ1) is 8.71. The maximum Gasteiger partial charge on any atom is 0.120 e. The first-order valence-corrected chi connectivity index (χ1v) is 8.28. The second-order valence-corrected chi connectivity index (χ2v) is 7.33. The highest BCUT2D eigenvalue weighted by Crippen LogP contribution is 2.55. The fraction of sp³-hybridized carbons (Fsp3) is 0.600. The van der Waals surface area contributed by atoms with Crippen LogP contribution in [-0.4, -0.2) is 11.5 Å². The summed E-state index contributed by atoms with van der Waals surface area (Å²) in [7, 11) is 0. The zero-order valence-electron chi connectivity index (χ0n) is 10.4. The van der Waals surface area contributed by atoms with Crippen LogP contribution in [0.2, 0.25) is 0 Å². The lowest BCUT2D eigenvalue weighted by molar-refractivity contribution is -0.0650. The van der Waals surface area contributed by atoms with Crippen LogP contribution in [0.25, 0.3) is 0 Å². The zero-order valence-corrected chi connectivity index (χ0v) is 13.3. The van der Waals surface area contributed by atoms with Crippen molar-refractivity contribution in [3.8, 4) is 5.75 Å². The highest BCUT2D eigenvalue weighted by Gasteiger charge is 2.55. The molecule has 2 aliphatic carbocycles. The van der Waals surface area contributed by atoms with E-state index in [2.05, 4.69) is 46.9 Å². The lowest BCUT2D eigenvalue weighted by atomic mass is 9.58. The van der Waals surface area contributed by atoms with E-state index in [1.165, 1.54) is 35.7 Å². The van der Waals surface area contributed by atoms with Crippen molar-refractivity contribution < 1.29 is 4.74 Å². The Morgan fingerprint density at radius 1 is 1.22 bits per heavy atom. The Labute approximate surface area is 127 Å². The van der Waals surface area contributed by atoms with Gasteiger partial charge in [-0.05, 0) is 53.6 Å². The summed E-state index contributed by atoms with van der Waals surface area (Å²) >= 11 is 8.82. The average molecular weight is 377 g/mol. The predicted molar refractivity (Wildman–Crippen MR) is 83.4 cm³/mol. The molecule has 0 aromatic heterocycles. The summed E-state index contributed by atoms with van der Waals surface area (Å²) in [5.74, 6) is 1.00. The van der Waals surface area contributed by atoms with Gasteiger partial charge in [-0.15, -0.1) is 11.6 Å². The molecule has 2 aliphatic rings. The second-order valence-electron chi connectivity index (χ2n) is 5.56. The van der Waals surface area contributed by atoms with Gasteiger partial charge in [0.15, 0.2) is 0 Å². The van der Waals surface area contributed by atoms with Gasteiger partial charge in [0.05, 0.1) is 0 Å². The fourth-order valence-electron chi connectivity index (χ4n) is 3.41. The lowest BCUT2D eigenvalue weighted by Gasteiger charge is -2.55. The smallest absolute Gasteiger partial charge is 0.120 e. The molecule has 1 aromatic rings. The molecular formula is C15H18ClIO. The SMILES string of the molecule is ClC1CC(Oc2cccc(I)c2)C12CCCCC2. The highest BCUT2D eigenvalue weighted by molar-refractivity contribution is 14.1. The van der Waals surface area contributed by atoms with Gasteiger partial charge in [-0.1, -0.05) is 25.3 Å². The van der Waals surface area contributed by atoms with Crippen molar-refractivity contribution in [3.63, 3.8) is 0 Å². The number of alkyl halides is 1. The Morgan fingerprint density at radius 3 is 2.67 bits per heavy atom. The van der Waals surface area contributed by atoms with Crippen LogP contribution in [0.5, 0.6) is 5.75 Å². The summed E-state index contributed by atoms with van der Waals surface area (Å²) in [5, 5.41) is 0.325. The Balaban J connectivity index is 1.73. The van der Waals surface area contributed by atoms with Crippen molar-refractivity contribution in [1.29, 1.82) is 0 Å². The Bertz CT molecular complexity index is 428. The monoisotopic (exact) mass is 376 g/mol. The molecule has 1 aromatic carbocycles. The van der Waals surface area contributed by atoms with Crippen molar-refractivity contribution in [2.45, 2.75) is 50.0 Å². The van der Waals surface area contributed by atoms with Crippen LogP contribution >= 0.6 is 34.2 Å². The minimum absolute atomic E-state index is 0.265. The van der Waals surface area contributed by atoms with E-state index in [-0.39, 0.29) is 5.41 Å². The van der Waals surface area contributed by atoms with Crippen LogP contribution in [-0.2, 0) is 0 Å². The molecule has 18 heavy (non-hydrogen) atoms. The van der Waals surface area contributed by atoms with Gasteiger partial charge in [-0.3, -0.25) is 0 Å². The molecule has 1 nitrogen and oxygen atoms in total. The van der Waals surface area contributed by atoms with Crippen LogP contribution in [0.4, 0.5) is 0 Å². The van der Waals surface area contributed by atoms with E-state index in [1.54, 1.807) is 0 Å². The summed E-state index contributed by atoms with van der Waals surface area (Å²) < 4.78 is 7.43. The van der Waals surface area contributed by atoms with Gasteiger partial charge in [0.25, 0.3) is 0 Å². The molecule has 0 saturated heterocycles. The van der Waals surface area contributed by atoms with Gasteiger partial charge >= 0.3 is 0 Å². The van der Waals surface area contributed by atoms with Gasteiger partial charge in [-0.25, -0.2) is 0 Å². The molecule has 0 radical (unpaired) electrons. The minimum Gasteiger partial charge on any atom is -0.490 e. The third-order valence-corrected chi connectivity index (χ3v) is 5.83. The molecule has 2 saturated carbocycles. The molecule has 3 rings (SSSR count). The van der Waals surface area contributed by atoms with Crippen LogP contribution < -0.4 is 4.74 Å². The van der Waals surface area contributed by atoms with Crippen molar-refractivity contribution in [1.82, 2.24) is 0 Å². The van der Waals surface area contributed by atoms with Crippen molar-refractivity contribution in [2.24, 2.45) is 5.41 Å². The summed E-state index contributed by atoms with van der Waals surface area (Å²) in [6.07, 6.45) is 7.82. The summed E-state index contributed by atoms with van der Waals surface area (Å²) in [4.78, 5) is 0. The van der Waals surface area contributed by atoms with E-state index in [1.807, 2.05) is 0 Å². The maximum absolute atomic E-state index is 6.50. The van der Waals surface area contributed by atoms with E-state index in [9.17, 15) is 0 Å². The number of benzene rings is 1. The molecule has 2 fully saturated rings. The molecule has 0 amide bonds. The lowest BCUT2D eigenvalue weighted by Crippen LogP contribution is -2.58. The van der Waals surface area contributed by atoms with Crippen LogP contribution in [0.15, 0.2) is 24.3 Å². The van der Waals surface area contributed by atoms with Gasteiger partial charge in [0.2, 0.25) is 0 Å². The first kappa shape index (κ1) is 13.0. The van der Waals surface area contributed by atoms with E-state index >= 15 is 0 Å². The highest BCUT2D eigenvalue weighted by atomic mass is 127. The zero-order chi connectivity index (χ0) is 12.6. The first-order valence-electron chi connectivity index (χ1n) is 6.77. The van der Waals surface area contributed by atoms with Gasteiger partial charge in [0.1, 0.15) is 11.9 Å². The minimum atomic E-state index is 0.265. The predicted octanol–water partition coefficient (Wildman–Crippen LogP) is 5.00. The molecule has 98 valence electrons. The van der Waals surface area contributed by atoms with Crippen molar-refractivity contribution >= 4 is 34.2 Å². The van der Waals surface area contributed by atoms with Crippen molar-refractivity contribution in [2.75, 3.05) is 0 Å². The Hall–Kier alpha value is 0.0400. The fourth-order valence-corrected chi connectivity index (χ4v) is 4.45. The van der Waals surface area contributed by atoms with E-state index < -0.39 is 0 Å². The second kappa shape index (κ2) is 5.20. The number of ether oxygens (including phenoxy) is 1. The van der Waals surface area contributed by atoms with E-state index in [0.717, 1.165) is 12.2 Å². The third-order valence-electron chi connectivity index (χ3n) is 4.54. The van der Waals surface area contributed by atoms with Crippen LogP contribution in [0.1, 0.15) is 38.5 Å². The molecule has 2 atom stereocenters. The summed E-state index contributed by atoms with van der Waals surface area (Å²) in [6.45, 7) is 0. The van der Waals surface area contributed by atoms with E-state index in [4.69, 9.17) is 16.3 Å². The Kier molecular flexibility index (Phi) is 3.77. The molecule has 0 heterocycles. The molecule has 1 spiro atoms. The van der Waals surface area contributed by atoms with Crippen LogP contribution in [0, 0.1) is 8.99 Å². The average Bonchev–Trinajstić information content (AvgIpc) is 2.39. The van der Waals surface area contributed by atoms with Gasteiger partial charge in [0, 0.05) is 20.8 Å². The van der Waals surface area contributed by atoms with Crippen molar-refractivity contribution in [3.05, 3.63) is 27.8 Å². The Morgan fingerprint density at radius 2 is 2.00 bits per heavy atom. The van der Waals surface area contributed by atoms with Gasteiger partial charge < -0.3 is 4.74 Å². The molecule has 0 N–H and O–H groups in total. The van der Waals surface area contributed by atoms with Gasteiger partial charge in [-0.2, -0.15) is 0 Å². The largest absolute Gasteiger partial charge is 0.490 e. The normalized spacial score (nSPS) is 29.9. The summed E-state index contributed by atoms with van der Waals surface area (Å²) in [5.41, 5.74) is 0.265. The summed E-state index contributed by atoms with van der Waals surface area (Å²) in [6, 6.07) is 8.31. The quantitative estimate of drug-likeness (QED) is 0.521. The maximum atomic E-state index is 6.50. The van der Waals surface area contributed by atoms with Crippen LogP contribution in [0.3, 0.4) is 0 Å². The standard InChI is InChI=1S/C15H18ClIO/c16-13-10-14(15(13)7-2-1-3-8-15)18-12-6-4-5-11(17)9-12/h4-6,9,13-14H,1-3,7-8,10H2. The molecule has 0 bridgehead atoms. The number of hydrogen-bond acceptors (Lipinski definition) is 1. The molecule has 2 unspecified atom stereocenters. The molecule has 0 aliphatic heterocycles. The van der Waals surface area contributed by atoms with E-state index in [0.29, 0.717) is 11.5 Å².